The van der Waals surface area contributed by atoms with Gasteiger partial charge >= 0.3 is 0 Å². The maximum Gasteiger partial charge on any atom is 0.273 e. The second-order valence-corrected chi connectivity index (χ2v) is 8.04. The van der Waals surface area contributed by atoms with E-state index in [9.17, 15) is 9.59 Å². The molecule has 0 fully saturated rings. The lowest BCUT2D eigenvalue weighted by molar-refractivity contribution is 1.14. The molecule has 0 unspecified atom stereocenters. The Balaban J connectivity index is 1.78. The normalized spacial score (nSPS) is 12.6. The largest absolute Gasteiger partial charge is 0.273 e. The molecule has 6 nitrogen and oxygen atoms in total. The van der Waals surface area contributed by atoms with Gasteiger partial charge in [0, 0.05) is 21.5 Å². The zero-order valence-corrected chi connectivity index (χ0v) is 16.4. The number of benzene rings is 3. The Morgan fingerprint density at radius 1 is 0.594 bits per heavy atom. The van der Waals surface area contributed by atoms with Crippen LogP contribution in [0, 0.1) is 0 Å². The van der Waals surface area contributed by atoms with E-state index in [0.717, 1.165) is 32.8 Å². The molecule has 1 aliphatic carbocycles. The van der Waals surface area contributed by atoms with Crippen molar-refractivity contribution in [2.24, 2.45) is 0 Å². The van der Waals surface area contributed by atoms with E-state index in [-0.39, 0.29) is 11.1 Å². The lowest BCUT2D eigenvalue weighted by Gasteiger charge is -2.08. The van der Waals surface area contributed by atoms with Crippen molar-refractivity contribution < 1.29 is 0 Å². The number of aromatic nitrogens is 4. The van der Waals surface area contributed by atoms with Gasteiger partial charge in [-0.1, -0.05) is 35.7 Å². The number of hydrogen-bond acceptors (Lipinski definition) is 4. The molecule has 146 valence electrons. The summed E-state index contributed by atoms with van der Waals surface area (Å²) in [5, 5.41) is 3.78. The predicted molar refractivity (Wildman–Crippen MR) is 124 cm³/mol. The quantitative estimate of drug-likeness (QED) is 0.359. The fraction of sp³-hybridized carbons (Fsp3) is 0. The van der Waals surface area contributed by atoms with Gasteiger partial charge in [-0.05, 0) is 36.4 Å². The number of para-hydroxylation sites is 4. The van der Waals surface area contributed by atoms with Crippen LogP contribution in [0.3, 0.4) is 0 Å². The van der Waals surface area contributed by atoms with E-state index < -0.39 is 0 Å². The van der Waals surface area contributed by atoms with Crippen molar-refractivity contribution >= 4 is 66.4 Å². The van der Waals surface area contributed by atoms with Gasteiger partial charge in [-0.3, -0.25) is 18.4 Å². The average molecular weight is 410 g/mol. The molecule has 0 aliphatic heterocycles. The van der Waals surface area contributed by atoms with Crippen LogP contribution < -0.4 is 21.6 Å². The van der Waals surface area contributed by atoms with Crippen molar-refractivity contribution in [3.63, 3.8) is 0 Å². The van der Waals surface area contributed by atoms with E-state index in [1.165, 1.54) is 0 Å². The molecule has 0 N–H and O–H groups in total. The molecule has 3 aromatic carbocycles. The Morgan fingerprint density at radius 2 is 1.03 bits per heavy atom. The standard InChI is InChI=1S/C26H10N4O2/c31-25-15-11-12-16-22-14(24-28-18-6-2-4-8-20(18)30(24)26(16)32)10-9-13(21(15)22)23-27-17-5-1-3-7-19(17)29(23)25/h1-10H. The zero-order chi connectivity index (χ0) is 21.1. The first-order chi connectivity index (χ1) is 15.7. The molecule has 0 atom stereocenters. The Hall–Kier alpha value is -4.76. The third-order valence-electron chi connectivity index (χ3n) is 6.46. The first-order valence-electron chi connectivity index (χ1n) is 10.2. The number of pyridine rings is 2. The maximum absolute atomic E-state index is 13.5. The van der Waals surface area contributed by atoms with Crippen LogP contribution in [0.4, 0.5) is 0 Å². The summed E-state index contributed by atoms with van der Waals surface area (Å²) in [5.41, 5.74) is 9.71. The number of hydrogen-bond donors (Lipinski definition) is 0. The number of rotatable bonds is 0. The number of fused-ring (bicyclic) bond motifs is 8. The van der Waals surface area contributed by atoms with Crippen LogP contribution in [0.15, 0.2) is 70.3 Å². The van der Waals surface area contributed by atoms with Crippen molar-refractivity contribution in [1.82, 2.24) is 18.8 Å². The molecule has 32 heavy (non-hydrogen) atoms. The zero-order valence-electron chi connectivity index (χ0n) is 16.4. The smallest absolute Gasteiger partial charge is 0.267 e. The lowest BCUT2D eigenvalue weighted by atomic mass is 9.99. The highest BCUT2D eigenvalue weighted by atomic mass is 16.1. The van der Waals surface area contributed by atoms with Crippen LogP contribution in [-0.2, 0) is 0 Å². The summed E-state index contributed by atoms with van der Waals surface area (Å²) in [6.07, 6.45) is 0. The summed E-state index contributed by atoms with van der Waals surface area (Å²) >= 11 is 0. The van der Waals surface area contributed by atoms with Gasteiger partial charge in [0.05, 0.1) is 32.5 Å². The molecule has 0 saturated carbocycles. The van der Waals surface area contributed by atoms with Crippen molar-refractivity contribution in [2.75, 3.05) is 0 Å². The van der Waals surface area contributed by atoms with Gasteiger partial charge in [-0.2, -0.15) is 0 Å². The fourth-order valence-corrected chi connectivity index (χ4v) is 5.11. The number of imidazole rings is 2. The molecule has 0 saturated heterocycles. The van der Waals surface area contributed by atoms with Crippen molar-refractivity contribution in [1.29, 1.82) is 0 Å². The van der Waals surface area contributed by atoms with Crippen molar-refractivity contribution in [3.05, 3.63) is 91.8 Å². The average Bonchev–Trinajstić information content (AvgIpc) is 3.40. The Kier molecular flexibility index (Phi) is 2.55. The summed E-state index contributed by atoms with van der Waals surface area (Å²) in [4.78, 5) is 36.5. The maximum atomic E-state index is 13.5. The van der Waals surface area contributed by atoms with Gasteiger partial charge in [-0.15, -0.1) is 0 Å². The van der Waals surface area contributed by atoms with Crippen LogP contribution in [-0.4, -0.2) is 18.8 Å². The Labute approximate surface area is 177 Å². The summed E-state index contributed by atoms with van der Waals surface area (Å²) in [5.74, 6) is 0. The minimum absolute atomic E-state index is 0.215. The van der Waals surface area contributed by atoms with E-state index in [4.69, 9.17) is 9.97 Å². The van der Waals surface area contributed by atoms with Crippen molar-refractivity contribution in [2.45, 2.75) is 0 Å². The monoisotopic (exact) mass is 410 g/mol. The molecule has 8 rings (SSSR count). The van der Waals surface area contributed by atoms with Gasteiger partial charge < -0.3 is 0 Å². The molecule has 0 radical (unpaired) electrons. The van der Waals surface area contributed by atoms with E-state index in [2.05, 4.69) is 11.5 Å². The van der Waals surface area contributed by atoms with Crippen LogP contribution in [0.2, 0.25) is 0 Å². The molecule has 6 heteroatoms. The molecule has 4 heterocycles. The van der Waals surface area contributed by atoms with Gasteiger partial charge in [0.25, 0.3) is 11.1 Å². The van der Waals surface area contributed by atoms with E-state index >= 15 is 0 Å². The summed E-state index contributed by atoms with van der Waals surface area (Å²) in [7, 11) is 0. The first-order valence-corrected chi connectivity index (χ1v) is 10.2. The van der Waals surface area contributed by atoms with E-state index in [1.807, 2.05) is 60.7 Å². The van der Waals surface area contributed by atoms with Gasteiger partial charge in [0.1, 0.15) is 11.3 Å². The van der Waals surface area contributed by atoms with Crippen molar-refractivity contribution in [3.8, 4) is 0 Å². The molecule has 7 aromatic rings. The Bertz CT molecular complexity index is 2150. The third kappa shape index (κ3) is 1.63. The highest BCUT2D eigenvalue weighted by Gasteiger charge is 2.21. The van der Waals surface area contributed by atoms with E-state index in [1.54, 1.807) is 8.80 Å². The number of nitrogens with zero attached hydrogens (tertiary/aromatic N) is 4. The topological polar surface area (TPSA) is 68.7 Å². The molecule has 0 bridgehead atoms. The molecule has 1 aliphatic rings. The molecule has 0 amide bonds. The second-order valence-electron chi connectivity index (χ2n) is 8.04. The van der Waals surface area contributed by atoms with Crippen LogP contribution >= 0.6 is 0 Å². The molecule has 0 spiro atoms. The minimum atomic E-state index is -0.215. The second kappa shape index (κ2) is 5.10. The van der Waals surface area contributed by atoms with Gasteiger partial charge in [0.2, 0.25) is 0 Å². The first kappa shape index (κ1) is 16.0. The highest BCUT2D eigenvalue weighted by molar-refractivity contribution is 6.17. The fourth-order valence-electron chi connectivity index (χ4n) is 5.11. The van der Waals surface area contributed by atoms with Crippen LogP contribution in [0.25, 0.3) is 66.4 Å². The summed E-state index contributed by atoms with van der Waals surface area (Å²) in [6, 6.07) is 19.0. The van der Waals surface area contributed by atoms with E-state index in [0.29, 0.717) is 32.5 Å². The molecular weight excluding hydrogens is 400 g/mol. The minimum Gasteiger partial charge on any atom is -0.267 e. The lowest BCUT2D eigenvalue weighted by Crippen LogP contribution is -2.36. The van der Waals surface area contributed by atoms with Gasteiger partial charge in [-0.25, -0.2) is 9.97 Å². The highest BCUT2D eigenvalue weighted by Crippen LogP contribution is 2.28. The van der Waals surface area contributed by atoms with Gasteiger partial charge in [0.15, 0.2) is 0 Å². The predicted octanol–water partition coefficient (Wildman–Crippen LogP) is 2.08. The molecular formula is C26H10N4O2. The Morgan fingerprint density at radius 3 is 1.50 bits per heavy atom. The van der Waals surface area contributed by atoms with Crippen LogP contribution in [0.1, 0.15) is 0 Å². The summed E-state index contributed by atoms with van der Waals surface area (Å²) in [6.45, 7) is 0. The summed E-state index contributed by atoms with van der Waals surface area (Å²) < 4.78 is 3.25. The molecule has 4 aromatic heterocycles. The third-order valence-corrected chi connectivity index (χ3v) is 6.46. The SMILES string of the molecule is O=c1c2c3c(ccc4c3c(c(=O)n3c5ccccc5nc43)=C=C=2)c2nc3ccccc3n12. The van der Waals surface area contributed by atoms with Crippen LogP contribution in [0.5, 0.6) is 0 Å².